The van der Waals surface area contributed by atoms with Gasteiger partial charge in [-0.15, -0.1) is 0 Å². The number of rotatable bonds is 7. The van der Waals surface area contributed by atoms with E-state index < -0.39 is 6.04 Å². The fourth-order valence-electron chi connectivity index (χ4n) is 6.01. The van der Waals surface area contributed by atoms with E-state index in [-0.39, 0.29) is 11.8 Å². The molecule has 33 heavy (non-hydrogen) atoms. The summed E-state index contributed by atoms with van der Waals surface area (Å²) in [6.45, 7) is 7.50. The molecule has 1 N–H and O–H groups in total. The van der Waals surface area contributed by atoms with Crippen molar-refractivity contribution in [1.82, 2.24) is 19.7 Å². The summed E-state index contributed by atoms with van der Waals surface area (Å²) in [6.07, 6.45) is 6.34. The Morgan fingerprint density at radius 1 is 1.21 bits per heavy atom. The second kappa shape index (κ2) is 9.88. The number of amides is 2. The molecule has 1 aromatic heterocycles. The summed E-state index contributed by atoms with van der Waals surface area (Å²) in [6, 6.07) is 10.9. The van der Waals surface area contributed by atoms with Crippen LogP contribution in [0.25, 0.3) is 10.9 Å². The molecule has 0 unspecified atom stereocenters. The molecule has 1 saturated carbocycles. The van der Waals surface area contributed by atoms with Crippen molar-refractivity contribution in [3.05, 3.63) is 36.0 Å². The lowest BCUT2D eigenvalue weighted by molar-refractivity contribution is -0.133. The lowest BCUT2D eigenvalue weighted by atomic mass is 9.77. The van der Waals surface area contributed by atoms with E-state index in [9.17, 15) is 9.59 Å². The van der Waals surface area contributed by atoms with Crippen LogP contribution in [0.5, 0.6) is 0 Å². The maximum absolute atomic E-state index is 13.4. The first kappa shape index (κ1) is 23.8. The van der Waals surface area contributed by atoms with Crippen LogP contribution in [0.15, 0.2) is 30.3 Å². The molecule has 180 valence electrons. The molecule has 2 aliphatic rings. The smallest absolute Gasteiger partial charge is 0.268 e. The number of hydrogen-bond donors (Lipinski definition) is 1. The number of benzene rings is 1. The minimum atomic E-state index is -0.422. The highest BCUT2D eigenvalue weighted by Gasteiger charge is 2.42. The number of carbonyl (C=O) groups excluding carboxylic acids is 2. The van der Waals surface area contributed by atoms with Crippen molar-refractivity contribution in [1.29, 1.82) is 0 Å². The SMILES string of the molecule is CCC[C@H]1C[C@H](N(C)C(C)C)CC[C@@H]1N1CC[C@H](NC(=O)c2cc3ccccc3n2C)C1=O. The Labute approximate surface area is 198 Å². The molecular formula is C27H40N4O2. The van der Waals surface area contributed by atoms with Crippen molar-refractivity contribution in [2.24, 2.45) is 13.0 Å². The summed E-state index contributed by atoms with van der Waals surface area (Å²) in [5.74, 6) is 0.469. The molecule has 1 aliphatic carbocycles. The van der Waals surface area contributed by atoms with Crippen LogP contribution in [0.3, 0.4) is 0 Å². The standard InChI is InChI=1S/C27H40N4O2/c1-6-9-19-16-21(29(4)18(2)3)12-13-24(19)31-15-14-22(27(31)33)28-26(32)25-17-20-10-7-8-11-23(20)30(25)5/h7-8,10-11,17-19,21-22,24H,6,9,12-16H2,1-5H3,(H,28,32)/t19-,21+,22-,24-/m0/s1. The van der Waals surface area contributed by atoms with Crippen LogP contribution in [-0.4, -0.2) is 63.9 Å². The Morgan fingerprint density at radius 3 is 2.67 bits per heavy atom. The zero-order chi connectivity index (χ0) is 23.7. The Hall–Kier alpha value is -2.34. The van der Waals surface area contributed by atoms with E-state index in [1.165, 1.54) is 0 Å². The summed E-state index contributed by atoms with van der Waals surface area (Å²) in [5.41, 5.74) is 1.62. The molecule has 0 spiro atoms. The first-order valence-electron chi connectivity index (χ1n) is 12.7. The second-order valence-corrected chi connectivity index (χ2v) is 10.3. The molecule has 2 fully saturated rings. The van der Waals surface area contributed by atoms with Crippen molar-refractivity contribution in [3.63, 3.8) is 0 Å². The van der Waals surface area contributed by atoms with E-state index in [0.29, 0.717) is 36.2 Å². The first-order chi connectivity index (χ1) is 15.8. The van der Waals surface area contributed by atoms with Gasteiger partial charge < -0.3 is 19.7 Å². The van der Waals surface area contributed by atoms with Gasteiger partial charge in [-0.1, -0.05) is 31.5 Å². The molecule has 4 atom stereocenters. The number of nitrogens with one attached hydrogen (secondary N) is 1. The Balaban J connectivity index is 1.43. The van der Waals surface area contributed by atoms with Crippen LogP contribution < -0.4 is 5.32 Å². The molecular weight excluding hydrogens is 412 g/mol. The monoisotopic (exact) mass is 452 g/mol. The summed E-state index contributed by atoms with van der Waals surface area (Å²) >= 11 is 0. The fourth-order valence-corrected chi connectivity index (χ4v) is 6.01. The highest BCUT2D eigenvalue weighted by atomic mass is 16.2. The van der Waals surface area contributed by atoms with Crippen LogP contribution in [0, 0.1) is 5.92 Å². The number of fused-ring (bicyclic) bond motifs is 1. The molecule has 2 amide bonds. The zero-order valence-corrected chi connectivity index (χ0v) is 20.9. The molecule has 1 saturated heterocycles. The molecule has 0 bridgehead atoms. The van der Waals surface area contributed by atoms with Gasteiger partial charge in [0, 0.05) is 42.6 Å². The van der Waals surface area contributed by atoms with Crippen molar-refractivity contribution < 1.29 is 9.59 Å². The predicted molar refractivity (Wildman–Crippen MR) is 133 cm³/mol. The van der Waals surface area contributed by atoms with Crippen molar-refractivity contribution in [3.8, 4) is 0 Å². The Morgan fingerprint density at radius 2 is 1.97 bits per heavy atom. The number of likely N-dealkylation sites (tertiary alicyclic amines) is 1. The molecule has 6 heteroatoms. The average molecular weight is 453 g/mol. The molecule has 1 aromatic carbocycles. The fraction of sp³-hybridized carbons (Fsp3) is 0.630. The van der Waals surface area contributed by atoms with Gasteiger partial charge in [-0.25, -0.2) is 0 Å². The maximum Gasteiger partial charge on any atom is 0.268 e. The van der Waals surface area contributed by atoms with Gasteiger partial charge in [0.15, 0.2) is 0 Å². The van der Waals surface area contributed by atoms with Gasteiger partial charge in [-0.05, 0) is 71.0 Å². The summed E-state index contributed by atoms with van der Waals surface area (Å²) in [5, 5.41) is 4.08. The van der Waals surface area contributed by atoms with Crippen LogP contribution in [0.2, 0.25) is 0 Å². The molecule has 2 heterocycles. The van der Waals surface area contributed by atoms with E-state index >= 15 is 0 Å². The van der Waals surface area contributed by atoms with E-state index in [1.807, 2.05) is 41.9 Å². The normalized spacial score (nSPS) is 26.0. The largest absolute Gasteiger partial charge is 0.340 e. The van der Waals surface area contributed by atoms with Crippen LogP contribution >= 0.6 is 0 Å². The third-order valence-corrected chi connectivity index (χ3v) is 8.09. The van der Waals surface area contributed by atoms with Crippen LogP contribution in [0.1, 0.15) is 69.8 Å². The lowest BCUT2D eigenvalue weighted by Crippen LogP contribution is -2.51. The number of nitrogens with zero attached hydrogens (tertiary/aromatic N) is 3. The molecule has 2 aromatic rings. The molecule has 6 nitrogen and oxygen atoms in total. The maximum atomic E-state index is 13.4. The van der Waals surface area contributed by atoms with E-state index in [2.05, 4.69) is 42.9 Å². The number of hydrogen-bond acceptors (Lipinski definition) is 3. The third kappa shape index (κ3) is 4.68. The summed E-state index contributed by atoms with van der Waals surface area (Å²) < 4.78 is 1.91. The van der Waals surface area contributed by atoms with Gasteiger partial charge in [0.1, 0.15) is 11.7 Å². The Kier molecular flexibility index (Phi) is 7.13. The first-order valence-corrected chi connectivity index (χ1v) is 12.7. The second-order valence-electron chi connectivity index (χ2n) is 10.3. The van der Waals surface area contributed by atoms with Gasteiger partial charge >= 0.3 is 0 Å². The number of para-hydroxylation sites is 1. The third-order valence-electron chi connectivity index (χ3n) is 8.09. The highest BCUT2D eigenvalue weighted by molar-refractivity contribution is 6.01. The topological polar surface area (TPSA) is 57.6 Å². The average Bonchev–Trinajstić information content (AvgIpc) is 3.33. The molecule has 4 rings (SSSR count). The van der Waals surface area contributed by atoms with Gasteiger partial charge in [0.25, 0.3) is 5.91 Å². The minimum absolute atomic E-state index is 0.101. The van der Waals surface area contributed by atoms with Crippen molar-refractivity contribution in [2.75, 3.05) is 13.6 Å². The number of carbonyl (C=O) groups is 2. The van der Waals surface area contributed by atoms with E-state index in [4.69, 9.17) is 0 Å². The molecule has 0 radical (unpaired) electrons. The lowest BCUT2D eigenvalue weighted by Gasteiger charge is -2.44. The predicted octanol–water partition coefficient (Wildman–Crippen LogP) is 4.19. The zero-order valence-electron chi connectivity index (χ0n) is 20.9. The van der Waals surface area contributed by atoms with Gasteiger partial charge in [0.05, 0.1) is 0 Å². The number of aromatic nitrogens is 1. The van der Waals surface area contributed by atoms with Crippen LogP contribution in [-0.2, 0) is 11.8 Å². The number of aryl methyl sites for hydroxylation is 1. The highest BCUT2D eigenvalue weighted by Crippen LogP contribution is 2.36. The van der Waals surface area contributed by atoms with Crippen LogP contribution in [0.4, 0.5) is 0 Å². The quantitative estimate of drug-likeness (QED) is 0.685. The minimum Gasteiger partial charge on any atom is -0.340 e. The summed E-state index contributed by atoms with van der Waals surface area (Å²) in [7, 11) is 4.14. The Bertz CT molecular complexity index is 997. The van der Waals surface area contributed by atoms with Gasteiger partial charge in [0.2, 0.25) is 5.91 Å². The van der Waals surface area contributed by atoms with Gasteiger partial charge in [-0.2, -0.15) is 0 Å². The van der Waals surface area contributed by atoms with Crippen molar-refractivity contribution >= 4 is 22.7 Å². The van der Waals surface area contributed by atoms with E-state index in [0.717, 1.165) is 49.6 Å². The van der Waals surface area contributed by atoms with Crippen molar-refractivity contribution in [2.45, 2.75) is 83.5 Å². The van der Waals surface area contributed by atoms with Gasteiger partial charge in [-0.3, -0.25) is 9.59 Å². The summed E-state index contributed by atoms with van der Waals surface area (Å²) in [4.78, 5) is 31.0. The molecule has 1 aliphatic heterocycles. The van der Waals surface area contributed by atoms with E-state index in [1.54, 1.807) is 0 Å².